The summed E-state index contributed by atoms with van der Waals surface area (Å²) in [5, 5.41) is 1.10. The van der Waals surface area contributed by atoms with Crippen LogP contribution in [0.1, 0.15) is 16.1 Å². The van der Waals surface area contributed by atoms with Gasteiger partial charge in [-0.2, -0.15) is 0 Å². The van der Waals surface area contributed by atoms with Gasteiger partial charge in [0.25, 0.3) is 0 Å². The third-order valence-corrected chi connectivity index (χ3v) is 3.53. The summed E-state index contributed by atoms with van der Waals surface area (Å²) in [5.74, 6) is 0.977. The molecule has 0 aliphatic carbocycles. The van der Waals surface area contributed by atoms with Crippen molar-refractivity contribution in [2.75, 3.05) is 7.11 Å². The number of methoxy groups -OCH3 is 1. The summed E-state index contributed by atoms with van der Waals surface area (Å²) in [6, 6.07) is 4.30. The number of benzene rings is 1. The van der Waals surface area contributed by atoms with Crippen LogP contribution in [0.3, 0.4) is 0 Å². The van der Waals surface area contributed by atoms with Crippen molar-refractivity contribution >= 4 is 11.3 Å². The zero-order valence-corrected chi connectivity index (χ0v) is 10.8. The van der Waals surface area contributed by atoms with Crippen molar-refractivity contribution in [3.05, 3.63) is 34.5 Å². The number of aryl methyl sites for hydroxylation is 3. The van der Waals surface area contributed by atoms with E-state index in [0.717, 1.165) is 10.8 Å². The molecule has 0 aliphatic heterocycles. The summed E-state index contributed by atoms with van der Waals surface area (Å²) in [4.78, 5) is 5.50. The predicted molar refractivity (Wildman–Crippen MR) is 68.3 cm³/mol. The molecule has 0 atom stereocenters. The molecule has 84 valence electrons. The summed E-state index contributed by atoms with van der Waals surface area (Å²) in [6.07, 6.45) is 1.93. The Kier molecular flexibility index (Phi) is 2.97. The minimum absolute atomic E-state index is 0.977. The van der Waals surface area contributed by atoms with Gasteiger partial charge >= 0.3 is 0 Å². The van der Waals surface area contributed by atoms with Gasteiger partial charge in [-0.1, -0.05) is 0 Å². The third-order valence-electron chi connectivity index (χ3n) is 2.57. The van der Waals surface area contributed by atoms with Crippen molar-refractivity contribution in [2.45, 2.75) is 20.8 Å². The monoisotopic (exact) mass is 233 g/mol. The quantitative estimate of drug-likeness (QED) is 0.788. The van der Waals surface area contributed by atoms with Crippen molar-refractivity contribution in [2.24, 2.45) is 0 Å². The molecule has 0 bridgehead atoms. The molecule has 2 aromatic rings. The number of nitrogens with zero attached hydrogens (tertiary/aromatic N) is 1. The molecule has 1 heterocycles. The highest BCUT2D eigenvalue weighted by Gasteiger charge is 2.08. The van der Waals surface area contributed by atoms with Crippen molar-refractivity contribution in [1.29, 1.82) is 0 Å². The Morgan fingerprint density at radius 2 is 1.75 bits per heavy atom. The first kappa shape index (κ1) is 11.1. The van der Waals surface area contributed by atoms with E-state index in [9.17, 15) is 0 Å². The minimum Gasteiger partial charge on any atom is -0.496 e. The fraction of sp³-hybridized carbons (Fsp3) is 0.308. The summed E-state index contributed by atoms with van der Waals surface area (Å²) < 4.78 is 5.36. The highest BCUT2D eigenvalue weighted by atomic mass is 32.1. The normalized spacial score (nSPS) is 10.5. The summed E-state index contributed by atoms with van der Waals surface area (Å²) >= 11 is 1.72. The molecule has 0 radical (unpaired) electrons. The third kappa shape index (κ3) is 1.95. The van der Waals surface area contributed by atoms with Crippen LogP contribution in [-0.4, -0.2) is 12.1 Å². The second-order valence-corrected chi connectivity index (χ2v) is 5.12. The second-order valence-electron chi connectivity index (χ2n) is 3.89. The van der Waals surface area contributed by atoms with E-state index >= 15 is 0 Å². The van der Waals surface area contributed by atoms with E-state index in [0.29, 0.717) is 0 Å². The lowest BCUT2D eigenvalue weighted by molar-refractivity contribution is 0.408. The van der Waals surface area contributed by atoms with Gasteiger partial charge in [-0.25, -0.2) is 4.98 Å². The number of hydrogen-bond acceptors (Lipinski definition) is 3. The molecule has 0 saturated carbocycles. The fourth-order valence-corrected chi connectivity index (χ4v) is 2.67. The molecule has 0 saturated heterocycles. The molecule has 0 aliphatic rings. The molecule has 0 unspecified atom stereocenters. The van der Waals surface area contributed by atoms with Crippen molar-refractivity contribution in [3.63, 3.8) is 0 Å². The van der Waals surface area contributed by atoms with Gasteiger partial charge in [-0.3, -0.25) is 0 Å². The van der Waals surface area contributed by atoms with E-state index in [1.807, 2.05) is 13.1 Å². The van der Waals surface area contributed by atoms with Gasteiger partial charge in [0.2, 0.25) is 0 Å². The molecule has 0 spiro atoms. The van der Waals surface area contributed by atoms with Crippen LogP contribution in [0.2, 0.25) is 0 Å². The first-order valence-corrected chi connectivity index (χ1v) is 6.01. The van der Waals surface area contributed by atoms with Crippen LogP contribution in [-0.2, 0) is 0 Å². The Labute approximate surface area is 99.9 Å². The molecule has 1 aromatic heterocycles. The Hall–Kier alpha value is -1.35. The van der Waals surface area contributed by atoms with Crippen LogP contribution >= 0.6 is 11.3 Å². The zero-order chi connectivity index (χ0) is 11.7. The topological polar surface area (TPSA) is 22.1 Å². The number of aromatic nitrogens is 1. The lowest BCUT2D eigenvalue weighted by Crippen LogP contribution is -1.91. The molecule has 0 N–H and O–H groups in total. The molecule has 0 amide bonds. The van der Waals surface area contributed by atoms with Gasteiger partial charge in [0.1, 0.15) is 5.75 Å². The average molecular weight is 233 g/mol. The van der Waals surface area contributed by atoms with Crippen molar-refractivity contribution < 1.29 is 4.74 Å². The predicted octanol–water partition coefficient (Wildman–Crippen LogP) is 3.74. The largest absolute Gasteiger partial charge is 0.496 e. The lowest BCUT2D eigenvalue weighted by atomic mass is 10.1. The average Bonchev–Trinajstić information content (AvgIpc) is 2.64. The van der Waals surface area contributed by atoms with Gasteiger partial charge in [0.05, 0.1) is 17.0 Å². The van der Waals surface area contributed by atoms with E-state index in [-0.39, 0.29) is 0 Å². The maximum Gasteiger partial charge on any atom is 0.124 e. The Morgan fingerprint density at radius 3 is 2.19 bits per heavy atom. The van der Waals surface area contributed by atoms with Crippen LogP contribution < -0.4 is 4.74 Å². The number of hydrogen-bond donors (Lipinski definition) is 0. The molecular weight excluding hydrogens is 218 g/mol. The van der Waals surface area contributed by atoms with Crippen LogP contribution in [0.25, 0.3) is 10.4 Å². The maximum absolute atomic E-state index is 5.36. The summed E-state index contributed by atoms with van der Waals surface area (Å²) in [7, 11) is 1.71. The maximum atomic E-state index is 5.36. The Morgan fingerprint density at radius 1 is 1.12 bits per heavy atom. The first-order chi connectivity index (χ1) is 7.61. The van der Waals surface area contributed by atoms with Crippen molar-refractivity contribution in [3.8, 4) is 16.2 Å². The number of thiazole rings is 1. The SMILES string of the molecule is COc1c(C)cc(-c2cnc(C)s2)cc1C. The number of rotatable bonds is 2. The van der Waals surface area contributed by atoms with Gasteiger partial charge in [-0.05, 0) is 49.6 Å². The van der Waals surface area contributed by atoms with Gasteiger partial charge in [0.15, 0.2) is 0 Å². The second kappa shape index (κ2) is 4.26. The lowest BCUT2D eigenvalue weighted by Gasteiger charge is -2.10. The van der Waals surface area contributed by atoms with E-state index in [4.69, 9.17) is 4.74 Å². The molecule has 0 fully saturated rings. The van der Waals surface area contributed by atoms with Gasteiger partial charge in [0, 0.05) is 6.20 Å². The minimum atomic E-state index is 0.977. The molecule has 3 heteroatoms. The molecular formula is C13H15NOS. The summed E-state index contributed by atoms with van der Waals surface area (Å²) in [5.41, 5.74) is 3.56. The standard InChI is InChI=1S/C13H15NOS/c1-8-5-11(6-9(2)13(8)15-4)12-7-14-10(3)16-12/h5-7H,1-4H3. The molecule has 16 heavy (non-hydrogen) atoms. The van der Waals surface area contributed by atoms with Gasteiger partial charge in [-0.15, -0.1) is 11.3 Å². The smallest absolute Gasteiger partial charge is 0.124 e. The number of ether oxygens (including phenoxy) is 1. The van der Waals surface area contributed by atoms with E-state index < -0.39 is 0 Å². The summed E-state index contributed by atoms with van der Waals surface area (Å²) in [6.45, 7) is 6.17. The van der Waals surface area contributed by atoms with Crippen LogP contribution in [0, 0.1) is 20.8 Å². The van der Waals surface area contributed by atoms with Crippen LogP contribution in [0.4, 0.5) is 0 Å². The highest BCUT2D eigenvalue weighted by Crippen LogP contribution is 2.32. The van der Waals surface area contributed by atoms with Crippen LogP contribution in [0.15, 0.2) is 18.3 Å². The Bertz CT molecular complexity index is 493. The zero-order valence-electron chi connectivity index (χ0n) is 10.00. The molecule has 2 rings (SSSR count). The van der Waals surface area contributed by atoms with E-state index in [1.54, 1.807) is 18.4 Å². The first-order valence-electron chi connectivity index (χ1n) is 5.20. The van der Waals surface area contributed by atoms with E-state index in [2.05, 4.69) is 31.0 Å². The molecule has 2 nitrogen and oxygen atoms in total. The van der Waals surface area contributed by atoms with E-state index in [1.165, 1.54) is 21.6 Å². The van der Waals surface area contributed by atoms with Crippen LogP contribution in [0.5, 0.6) is 5.75 Å². The fourth-order valence-electron chi connectivity index (χ4n) is 1.91. The molecule has 1 aromatic carbocycles. The highest BCUT2D eigenvalue weighted by molar-refractivity contribution is 7.15. The Balaban J connectivity index is 2.52. The van der Waals surface area contributed by atoms with Gasteiger partial charge < -0.3 is 4.74 Å². The van der Waals surface area contributed by atoms with Crippen molar-refractivity contribution in [1.82, 2.24) is 4.98 Å².